The highest BCUT2D eigenvalue weighted by Gasteiger charge is 2.33. The number of aromatic nitrogens is 4. The van der Waals surface area contributed by atoms with Crippen molar-refractivity contribution >= 4 is 21.8 Å². The molecule has 7 aromatic carbocycles. The standard InChI is InChI=1S/C48H27F3N6/c49-48(50,51)41-17-9-7-15-37(41)35-19-21-39(47-55-45(32-11-3-1-4-12-32)54-46(56-47)33-13-5-2-6-14-33)44(27-35)57-42-18-10-8-16-38(42)40-26-34(20-22-43(40)57)36-24-30(28-52)23-31(25-36)29-53/h1-27H. The molecule has 6 nitrogen and oxygen atoms in total. The molecule has 57 heavy (non-hydrogen) atoms. The van der Waals surface area contributed by atoms with Crippen molar-refractivity contribution in [3.8, 4) is 74.2 Å². The molecule has 0 saturated heterocycles. The Kier molecular flexibility index (Phi) is 8.61. The van der Waals surface area contributed by atoms with Crippen molar-refractivity contribution in [2.24, 2.45) is 0 Å². The predicted octanol–water partition coefficient (Wildman–Crippen LogP) is 12.1. The molecule has 9 heteroatoms. The lowest BCUT2D eigenvalue weighted by Crippen LogP contribution is -2.07. The summed E-state index contributed by atoms with van der Waals surface area (Å²) in [6.45, 7) is 0. The van der Waals surface area contributed by atoms with E-state index >= 15 is 0 Å². The highest BCUT2D eigenvalue weighted by atomic mass is 19.4. The molecule has 0 N–H and O–H groups in total. The topological polar surface area (TPSA) is 91.2 Å². The van der Waals surface area contributed by atoms with Crippen LogP contribution in [0.3, 0.4) is 0 Å². The van der Waals surface area contributed by atoms with Crippen molar-refractivity contribution in [3.63, 3.8) is 0 Å². The van der Waals surface area contributed by atoms with Crippen LogP contribution in [-0.2, 0) is 6.18 Å². The monoisotopic (exact) mass is 744 g/mol. The van der Waals surface area contributed by atoms with Gasteiger partial charge in [-0.3, -0.25) is 0 Å². The zero-order valence-corrected chi connectivity index (χ0v) is 29.9. The summed E-state index contributed by atoms with van der Waals surface area (Å²) < 4.78 is 45.5. The van der Waals surface area contributed by atoms with Gasteiger partial charge in [0.15, 0.2) is 17.5 Å². The van der Waals surface area contributed by atoms with E-state index in [-0.39, 0.29) is 5.56 Å². The zero-order chi connectivity index (χ0) is 39.1. The zero-order valence-electron chi connectivity index (χ0n) is 29.9. The van der Waals surface area contributed by atoms with Gasteiger partial charge in [0.2, 0.25) is 0 Å². The van der Waals surface area contributed by atoms with Gasteiger partial charge in [-0.25, -0.2) is 15.0 Å². The Morgan fingerprint density at radius 2 is 1.00 bits per heavy atom. The van der Waals surface area contributed by atoms with Crippen molar-refractivity contribution < 1.29 is 13.2 Å². The van der Waals surface area contributed by atoms with E-state index in [0.29, 0.717) is 51.0 Å². The van der Waals surface area contributed by atoms with Crippen molar-refractivity contribution in [1.82, 2.24) is 19.5 Å². The Hall–Kier alpha value is -7.88. The number of para-hydroxylation sites is 1. The van der Waals surface area contributed by atoms with Crippen LogP contribution in [-0.4, -0.2) is 19.5 Å². The first-order valence-corrected chi connectivity index (χ1v) is 18.0. The summed E-state index contributed by atoms with van der Waals surface area (Å²) >= 11 is 0. The number of nitrogens with zero attached hydrogens (tertiary/aromatic N) is 6. The number of rotatable bonds is 6. The van der Waals surface area contributed by atoms with E-state index in [1.165, 1.54) is 12.1 Å². The molecule has 9 rings (SSSR count). The molecule has 9 aromatic rings. The van der Waals surface area contributed by atoms with Gasteiger partial charge in [-0.05, 0) is 76.9 Å². The average Bonchev–Trinajstić information content (AvgIpc) is 3.59. The van der Waals surface area contributed by atoms with Gasteiger partial charge in [-0.2, -0.15) is 23.7 Å². The second-order valence-corrected chi connectivity index (χ2v) is 13.4. The first-order chi connectivity index (χ1) is 27.8. The SMILES string of the molecule is N#Cc1cc(C#N)cc(-c2ccc3c(c2)c2ccccc2n3-c2cc(-c3ccccc3C(F)(F)F)ccc2-c2nc(-c3ccccc3)nc(-c3ccccc3)n2)c1. The van der Waals surface area contributed by atoms with Crippen LogP contribution in [0.4, 0.5) is 13.2 Å². The van der Waals surface area contributed by atoms with Gasteiger partial charge in [-0.15, -0.1) is 0 Å². The van der Waals surface area contributed by atoms with Gasteiger partial charge in [0.05, 0.1) is 45.5 Å². The minimum atomic E-state index is -4.59. The maximum atomic E-state index is 14.5. The maximum Gasteiger partial charge on any atom is 0.417 e. The largest absolute Gasteiger partial charge is 0.417 e. The minimum absolute atomic E-state index is 0.0390. The van der Waals surface area contributed by atoms with Gasteiger partial charge < -0.3 is 4.57 Å². The van der Waals surface area contributed by atoms with Crippen LogP contribution in [0.15, 0.2) is 164 Å². The minimum Gasteiger partial charge on any atom is -0.308 e. The third-order valence-corrected chi connectivity index (χ3v) is 9.92. The van der Waals surface area contributed by atoms with E-state index in [4.69, 9.17) is 15.0 Å². The molecule has 0 aliphatic rings. The van der Waals surface area contributed by atoms with Gasteiger partial charge in [0.25, 0.3) is 0 Å². The highest BCUT2D eigenvalue weighted by Crippen LogP contribution is 2.42. The number of benzene rings is 7. The first kappa shape index (κ1) is 34.9. The molecule has 0 aliphatic heterocycles. The summed E-state index contributed by atoms with van der Waals surface area (Å²) in [5, 5.41) is 21.1. The van der Waals surface area contributed by atoms with Crippen LogP contribution in [0.25, 0.3) is 83.9 Å². The van der Waals surface area contributed by atoms with Crippen LogP contribution < -0.4 is 0 Å². The van der Waals surface area contributed by atoms with E-state index in [2.05, 4.69) is 12.1 Å². The molecule has 0 bridgehead atoms. The van der Waals surface area contributed by atoms with Gasteiger partial charge in [-0.1, -0.05) is 109 Å². The molecule has 0 spiro atoms. The first-order valence-electron chi connectivity index (χ1n) is 18.0. The lowest BCUT2D eigenvalue weighted by molar-refractivity contribution is -0.137. The molecular formula is C48H27F3N6. The van der Waals surface area contributed by atoms with E-state index in [9.17, 15) is 23.7 Å². The van der Waals surface area contributed by atoms with Crippen LogP contribution in [0.1, 0.15) is 16.7 Å². The highest BCUT2D eigenvalue weighted by molar-refractivity contribution is 6.11. The lowest BCUT2D eigenvalue weighted by Gasteiger charge is -2.18. The molecule has 270 valence electrons. The Bertz CT molecular complexity index is 2990. The lowest BCUT2D eigenvalue weighted by atomic mass is 9.96. The smallest absolute Gasteiger partial charge is 0.308 e. The van der Waals surface area contributed by atoms with Crippen molar-refractivity contribution in [3.05, 3.63) is 180 Å². The van der Waals surface area contributed by atoms with Crippen LogP contribution in [0.5, 0.6) is 0 Å². The number of nitriles is 2. The summed E-state index contributed by atoms with van der Waals surface area (Å²) in [6.07, 6.45) is -4.59. The summed E-state index contributed by atoms with van der Waals surface area (Å²) in [5.74, 6) is 1.23. The molecule has 0 aliphatic carbocycles. The predicted molar refractivity (Wildman–Crippen MR) is 216 cm³/mol. The summed E-state index contributed by atoms with van der Waals surface area (Å²) in [4.78, 5) is 14.9. The fourth-order valence-corrected chi connectivity index (χ4v) is 7.32. The van der Waals surface area contributed by atoms with E-state index in [0.717, 1.165) is 44.6 Å². The maximum absolute atomic E-state index is 14.5. The van der Waals surface area contributed by atoms with Crippen LogP contribution >= 0.6 is 0 Å². The molecule has 0 unspecified atom stereocenters. The summed E-state index contributed by atoms with van der Waals surface area (Å²) in [7, 11) is 0. The molecule has 2 aromatic heterocycles. The van der Waals surface area contributed by atoms with E-state index in [1.54, 1.807) is 42.5 Å². The number of fused-ring (bicyclic) bond motifs is 3. The molecular weight excluding hydrogens is 718 g/mol. The molecule has 0 saturated carbocycles. The van der Waals surface area contributed by atoms with Gasteiger partial charge >= 0.3 is 6.18 Å². The second-order valence-electron chi connectivity index (χ2n) is 13.4. The van der Waals surface area contributed by atoms with Gasteiger partial charge in [0, 0.05) is 27.5 Å². The van der Waals surface area contributed by atoms with Crippen molar-refractivity contribution in [2.45, 2.75) is 6.18 Å². The van der Waals surface area contributed by atoms with E-state index in [1.807, 2.05) is 108 Å². The number of alkyl halides is 3. The molecule has 2 heterocycles. The summed E-state index contributed by atoms with van der Waals surface area (Å²) in [6, 6.07) is 52.9. The second kappa shape index (κ2) is 14.1. The quantitative estimate of drug-likeness (QED) is 0.169. The van der Waals surface area contributed by atoms with Crippen molar-refractivity contribution in [1.29, 1.82) is 10.5 Å². The van der Waals surface area contributed by atoms with Crippen LogP contribution in [0, 0.1) is 22.7 Å². The number of halogens is 3. The number of hydrogen-bond acceptors (Lipinski definition) is 5. The fraction of sp³-hybridized carbons (Fsp3) is 0.0208. The average molecular weight is 745 g/mol. The summed E-state index contributed by atoms with van der Waals surface area (Å²) in [5.41, 5.74) is 6.18. The molecule has 0 amide bonds. The molecule has 0 radical (unpaired) electrons. The fourth-order valence-electron chi connectivity index (χ4n) is 7.32. The van der Waals surface area contributed by atoms with E-state index < -0.39 is 11.7 Å². The van der Waals surface area contributed by atoms with Crippen LogP contribution in [0.2, 0.25) is 0 Å². The molecule has 0 atom stereocenters. The third kappa shape index (κ3) is 6.43. The number of hydrogen-bond donors (Lipinski definition) is 0. The Morgan fingerprint density at radius 1 is 0.439 bits per heavy atom. The Morgan fingerprint density at radius 3 is 1.65 bits per heavy atom. The third-order valence-electron chi connectivity index (χ3n) is 9.92. The van der Waals surface area contributed by atoms with Gasteiger partial charge in [0.1, 0.15) is 0 Å². The molecule has 0 fully saturated rings. The normalized spacial score (nSPS) is 11.4. The Balaban J connectivity index is 1.35. The Labute approximate surface area is 325 Å². The van der Waals surface area contributed by atoms with Crippen molar-refractivity contribution in [2.75, 3.05) is 0 Å².